The number of hydrogen-bond acceptors (Lipinski definition) is 6. The molecule has 134 valence electrons. The quantitative estimate of drug-likeness (QED) is 0.407. The summed E-state index contributed by atoms with van der Waals surface area (Å²) in [7, 11) is 0. The lowest BCUT2D eigenvalue weighted by atomic mass is 10.4. The Morgan fingerprint density at radius 2 is 1.00 bits per heavy atom. The number of hydrogen-bond donors (Lipinski definition) is 2. The van der Waals surface area contributed by atoms with Gasteiger partial charge in [0, 0.05) is 23.3 Å². The van der Waals surface area contributed by atoms with E-state index in [0.29, 0.717) is 0 Å². The third-order valence-corrected chi connectivity index (χ3v) is 1.64. The predicted octanol–water partition coefficient (Wildman–Crippen LogP) is 1.74. The minimum atomic E-state index is -0.935. The summed E-state index contributed by atoms with van der Waals surface area (Å²) < 4.78 is 9.04. The highest BCUT2D eigenvalue weighted by molar-refractivity contribution is 5.85. The molecule has 0 aromatic carbocycles. The summed E-state index contributed by atoms with van der Waals surface area (Å²) >= 11 is 0. The summed E-state index contributed by atoms with van der Waals surface area (Å²) in [6.45, 7) is 15.7. The smallest absolute Gasteiger partial charge is 0.330 e. The number of ether oxygens (including phenoxy) is 2. The fourth-order valence-electron chi connectivity index (χ4n) is 0.402. The molecule has 0 aliphatic heterocycles. The molecule has 2 N–H and O–H groups in total. The number of carboxylic acid groups (broad SMARTS) is 2. The van der Waals surface area contributed by atoms with E-state index in [0.717, 1.165) is 12.2 Å². The Balaban J connectivity index is -0.000000309. The second kappa shape index (κ2) is 16.2. The number of carboxylic acids is 2. The van der Waals surface area contributed by atoms with Gasteiger partial charge < -0.3 is 19.7 Å². The van der Waals surface area contributed by atoms with Gasteiger partial charge in [0.1, 0.15) is 13.2 Å². The molecule has 24 heavy (non-hydrogen) atoms. The highest BCUT2D eigenvalue weighted by Crippen LogP contribution is 1.83. The molecule has 8 heteroatoms. The van der Waals surface area contributed by atoms with Crippen molar-refractivity contribution in [2.24, 2.45) is 0 Å². The van der Waals surface area contributed by atoms with Gasteiger partial charge >= 0.3 is 23.9 Å². The molecule has 0 amide bonds. The molecule has 0 heterocycles. The van der Waals surface area contributed by atoms with Crippen LogP contribution in [-0.2, 0) is 28.7 Å². The Kier molecular flexibility index (Phi) is 17.4. The minimum absolute atomic E-state index is 0.0322. The van der Waals surface area contributed by atoms with Crippen molar-refractivity contribution in [2.45, 2.75) is 13.8 Å². The molecule has 0 bridgehead atoms. The number of aliphatic carboxylic acids is 2. The van der Waals surface area contributed by atoms with E-state index in [2.05, 4.69) is 35.8 Å². The third kappa shape index (κ3) is 23.9. The third-order valence-electron chi connectivity index (χ3n) is 1.64. The van der Waals surface area contributed by atoms with Crippen LogP contribution in [-0.4, -0.2) is 47.3 Å². The average Bonchev–Trinajstić information content (AvgIpc) is 2.51. The molecule has 0 aromatic heterocycles. The van der Waals surface area contributed by atoms with Crippen molar-refractivity contribution in [1.82, 2.24) is 0 Å². The number of carbonyl (C=O) groups excluding carboxylic acids is 2. The highest BCUT2D eigenvalue weighted by atomic mass is 16.6. The van der Waals surface area contributed by atoms with Crippen LogP contribution >= 0.6 is 0 Å². The second-order valence-corrected chi connectivity index (χ2v) is 3.91. The first-order valence-corrected chi connectivity index (χ1v) is 6.35. The SMILES string of the molecule is C=C(C)C(=O)O.C=C(C)C(=O)O.C=CC(=O)OCCOC(=O)C=C. The van der Waals surface area contributed by atoms with Crippen molar-refractivity contribution in [1.29, 1.82) is 0 Å². The monoisotopic (exact) mass is 342 g/mol. The molecule has 0 radical (unpaired) electrons. The first kappa shape index (κ1) is 25.8. The Morgan fingerprint density at radius 3 is 1.12 bits per heavy atom. The van der Waals surface area contributed by atoms with E-state index in [1.165, 1.54) is 13.8 Å². The zero-order valence-electron chi connectivity index (χ0n) is 13.7. The van der Waals surface area contributed by atoms with Crippen molar-refractivity contribution < 1.29 is 38.9 Å². The van der Waals surface area contributed by atoms with Crippen LogP contribution in [0, 0.1) is 0 Å². The standard InChI is InChI=1S/C8H10O4.2C4H6O2/c1-3-7(9)11-5-6-12-8(10)4-2;2*1-3(2)4(5)6/h3-4H,1-2,5-6H2;2*1H2,2H3,(H,5,6). The summed E-state index contributed by atoms with van der Waals surface area (Å²) in [6.07, 6.45) is 2.07. The number of esters is 2. The van der Waals surface area contributed by atoms with Crippen molar-refractivity contribution in [3.8, 4) is 0 Å². The fourth-order valence-corrected chi connectivity index (χ4v) is 0.402. The number of rotatable bonds is 7. The van der Waals surface area contributed by atoms with Crippen molar-refractivity contribution >= 4 is 23.9 Å². The van der Waals surface area contributed by atoms with Gasteiger partial charge in [-0.1, -0.05) is 26.3 Å². The molecule has 0 saturated carbocycles. The summed E-state index contributed by atoms with van der Waals surface area (Å²) in [5, 5.41) is 15.8. The maximum Gasteiger partial charge on any atom is 0.330 e. The molecule has 0 saturated heterocycles. The lowest BCUT2D eigenvalue weighted by Crippen LogP contribution is -2.10. The molecular weight excluding hydrogens is 320 g/mol. The van der Waals surface area contributed by atoms with Crippen LogP contribution in [0.15, 0.2) is 49.6 Å². The Labute approximate surface area is 140 Å². The van der Waals surface area contributed by atoms with E-state index < -0.39 is 23.9 Å². The summed E-state index contributed by atoms with van der Waals surface area (Å²) in [6, 6.07) is 0. The molecule has 0 atom stereocenters. The van der Waals surface area contributed by atoms with Crippen LogP contribution < -0.4 is 0 Å². The van der Waals surface area contributed by atoms with Crippen LogP contribution in [0.4, 0.5) is 0 Å². The van der Waals surface area contributed by atoms with Gasteiger partial charge in [-0.15, -0.1) is 0 Å². The van der Waals surface area contributed by atoms with Gasteiger partial charge in [0.15, 0.2) is 0 Å². The molecule has 8 nitrogen and oxygen atoms in total. The van der Waals surface area contributed by atoms with E-state index in [4.69, 9.17) is 10.2 Å². The van der Waals surface area contributed by atoms with Crippen LogP contribution in [0.5, 0.6) is 0 Å². The molecule has 0 fully saturated rings. The van der Waals surface area contributed by atoms with E-state index >= 15 is 0 Å². The van der Waals surface area contributed by atoms with E-state index in [-0.39, 0.29) is 24.4 Å². The molecule has 0 aliphatic rings. The van der Waals surface area contributed by atoms with Crippen molar-refractivity contribution in [3.05, 3.63) is 49.6 Å². The predicted molar refractivity (Wildman–Crippen MR) is 87.2 cm³/mol. The van der Waals surface area contributed by atoms with Gasteiger partial charge in [0.2, 0.25) is 0 Å². The molecular formula is C16H22O8. The maximum absolute atomic E-state index is 10.4. The fraction of sp³-hybridized carbons (Fsp3) is 0.250. The molecule has 0 spiro atoms. The molecule has 0 aromatic rings. The number of carbonyl (C=O) groups is 4. The first-order chi connectivity index (χ1) is 11.0. The Morgan fingerprint density at radius 1 is 0.792 bits per heavy atom. The van der Waals surface area contributed by atoms with Crippen LogP contribution in [0.3, 0.4) is 0 Å². The lowest BCUT2D eigenvalue weighted by molar-refractivity contribution is -0.146. The topological polar surface area (TPSA) is 127 Å². The van der Waals surface area contributed by atoms with Gasteiger partial charge in [-0.3, -0.25) is 0 Å². The van der Waals surface area contributed by atoms with Crippen LogP contribution in [0.25, 0.3) is 0 Å². The minimum Gasteiger partial charge on any atom is -0.478 e. The van der Waals surface area contributed by atoms with Gasteiger partial charge in [0.25, 0.3) is 0 Å². The van der Waals surface area contributed by atoms with Crippen LogP contribution in [0.1, 0.15) is 13.8 Å². The van der Waals surface area contributed by atoms with E-state index in [1.807, 2.05) is 0 Å². The lowest BCUT2D eigenvalue weighted by Gasteiger charge is -2.01. The zero-order valence-corrected chi connectivity index (χ0v) is 13.7. The second-order valence-electron chi connectivity index (χ2n) is 3.91. The zero-order chi connectivity index (χ0) is 19.7. The van der Waals surface area contributed by atoms with E-state index in [9.17, 15) is 19.2 Å². The Hall–Kier alpha value is -3.16. The van der Waals surface area contributed by atoms with Crippen molar-refractivity contribution in [3.63, 3.8) is 0 Å². The average molecular weight is 342 g/mol. The van der Waals surface area contributed by atoms with Gasteiger partial charge in [-0.05, 0) is 13.8 Å². The summed E-state index contributed by atoms with van der Waals surface area (Å²) in [5.41, 5.74) is 0.352. The van der Waals surface area contributed by atoms with Crippen molar-refractivity contribution in [2.75, 3.05) is 13.2 Å². The van der Waals surface area contributed by atoms with E-state index in [1.54, 1.807) is 0 Å². The van der Waals surface area contributed by atoms with Gasteiger partial charge in [0.05, 0.1) is 0 Å². The molecule has 0 aliphatic carbocycles. The van der Waals surface area contributed by atoms with Crippen LogP contribution in [0.2, 0.25) is 0 Å². The largest absolute Gasteiger partial charge is 0.478 e. The summed E-state index contributed by atoms with van der Waals surface area (Å²) in [4.78, 5) is 40.0. The molecule has 0 unspecified atom stereocenters. The normalized spacial score (nSPS) is 7.92. The van der Waals surface area contributed by atoms with Gasteiger partial charge in [-0.2, -0.15) is 0 Å². The molecule has 0 rings (SSSR count). The highest BCUT2D eigenvalue weighted by Gasteiger charge is 1.97. The first-order valence-electron chi connectivity index (χ1n) is 6.35. The van der Waals surface area contributed by atoms with Gasteiger partial charge in [-0.25, -0.2) is 19.2 Å². The maximum atomic E-state index is 10.4. The Bertz CT molecular complexity index is 432. The summed E-state index contributed by atoms with van der Waals surface area (Å²) in [5.74, 6) is -2.95.